The van der Waals surface area contributed by atoms with E-state index in [0.29, 0.717) is 0 Å². The summed E-state index contributed by atoms with van der Waals surface area (Å²) in [5.74, 6) is 0. The van der Waals surface area contributed by atoms with Crippen molar-refractivity contribution in [2.75, 3.05) is 0 Å². The molecule has 0 unspecified atom stereocenters. The summed E-state index contributed by atoms with van der Waals surface area (Å²) >= 11 is 0. The highest BCUT2D eigenvalue weighted by Crippen LogP contribution is 1.99. The fourth-order valence-electron chi connectivity index (χ4n) is 0.900. The van der Waals surface area contributed by atoms with Crippen molar-refractivity contribution in [1.82, 2.24) is 0 Å². The Labute approximate surface area is 62.9 Å². The van der Waals surface area contributed by atoms with E-state index in [0.717, 1.165) is 25.7 Å². The molecule has 0 nitrogen and oxygen atoms in total. The first-order valence-electron chi connectivity index (χ1n) is 3.87. The van der Waals surface area contributed by atoms with Gasteiger partial charge >= 0.3 is 0 Å². The summed E-state index contributed by atoms with van der Waals surface area (Å²) in [5.41, 5.74) is 0. The summed E-state index contributed by atoms with van der Waals surface area (Å²) in [6.07, 6.45) is 18.5. The van der Waals surface area contributed by atoms with E-state index < -0.39 is 0 Å². The van der Waals surface area contributed by atoms with Crippen LogP contribution in [0.3, 0.4) is 0 Å². The Kier molecular flexibility index (Phi) is 3.69. The monoisotopic (exact) mass is 133 g/mol. The Balaban J connectivity index is 2.38. The van der Waals surface area contributed by atoms with Crippen LogP contribution in [-0.2, 0) is 0 Å². The number of hydrogen-bond acceptors (Lipinski definition) is 0. The Morgan fingerprint density at radius 3 is 2.60 bits per heavy atom. The van der Waals surface area contributed by atoms with Gasteiger partial charge in [0.25, 0.3) is 0 Å². The van der Waals surface area contributed by atoms with Crippen LogP contribution in [-0.4, -0.2) is 0 Å². The van der Waals surface area contributed by atoms with Crippen LogP contribution < -0.4 is 0 Å². The van der Waals surface area contributed by atoms with Crippen LogP contribution >= 0.6 is 0 Å². The van der Waals surface area contributed by atoms with E-state index in [1.165, 1.54) is 0 Å². The third-order valence-electron chi connectivity index (χ3n) is 1.46. The van der Waals surface area contributed by atoms with E-state index in [1.807, 2.05) is 0 Å². The summed E-state index contributed by atoms with van der Waals surface area (Å²) < 4.78 is 0. The second-order valence-corrected chi connectivity index (χ2v) is 2.38. The summed E-state index contributed by atoms with van der Waals surface area (Å²) in [4.78, 5) is 0. The van der Waals surface area contributed by atoms with Gasteiger partial charge < -0.3 is 0 Å². The van der Waals surface area contributed by atoms with E-state index >= 15 is 0 Å². The van der Waals surface area contributed by atoms with Crippen LogP contribution in [0.5, 0.6) is 0 Å². The molecule has 0 aromatic heterocycles. The quantitative estimate of drug-likeness (QED) is 0.476. The van der Waals surface area contributed by atoms with Crippen molar-refractivity contribution in [2.24, 2.45) is 0 Å². The highest BCUT2D eigenvalue weighted by Gasteiger charge is 1.80. The lowest BCUT2D eigenvalue weighted by Crippen LogP contribution is -1.70. The second-order valence-electron chi connectivity index (χ2n) is 2.38. The van der Waals surface area contributed by atoms with Crippen LogP contribution in [0.1, 0.15) is 25.7 Å². The van der Waals surface area contributed by atoms with Crippen molar-refractivity contribution < 1.29 is 0 Å². The number of allylic oxidation sites excluding steroid dienone is 6. The number of rotatable bonds is 0. The first-order chi connectivity index (χ1) is 5.00. The topological polar surface area (TPSA) is 0 Å². The van der Waals surface area contributed by atoms with Crippen molar-refractivity contribution >= 4 is 0 Å². The molecule has 1 aliphatic carbocycles. The molecule has 1 rings (SSSR count). The summed E-state index contributed by atoms with van der Waals surface area (Å²) in [6, 6.07) is 0. The fraction of sp³-hybridized carbons (Fsp3) is 0.400. The molecule has 0 bridgehead atoms. The second kappa shape index (κ2) is 5.04. The van der Waals surface area contributed by atoms with E-state index in [1.54, 1.807) is 0 Å². The third-order valence-corrected chi connectivity index (χ3v) is 1.46. The van der Waals surface area contributed by atoms with Crippen molar-refractivity contribution in [3.8, 4) is 0 Å². The molecular weight excluding hydrogens is 120 g/mol. The Bertz CT molecular complexity index is 131. The van der Waals surface area contributed by atoms with Gasteiger partial charge in [-0.15, -0.1) is 0 Å². The summed E-state index contributed by atoms with van der Waals surface area (Å²) in [6.45, 7) is 0. The molecule has 0 aliphatic heterocycles. The van der Waals surface area contributed by atoms with Crippen LogP contribution in [0.2, 0.25) is 0 Å². The minimum atomic E-state index is 1.07. The van der Waals surface area contributed by atoms with E-state index in [-0.39, 0.29) is 0 Å². The standard InChI is InChI=1S/C10H13/c1-2-4-6-8-10-9-7-5-3-1/h1-4,9H,5-8H2. The molecule has 0 aromatic carbocycles. The van der Waals surface area contributed by atoms with Gasteiger partial charge in [0.1, 0.15) is 0 Å². The Morgan fingerprint density at radius 1 is 0.900 bits per heavy atom. The van der Waals surface area contributed by atoms with Gasteiger partial charge in [-0.05, 0) is 31.8 Å². The molecule has 0 spiro atoms. The van der Waals surface area contributed by atoms with Crippen LogP contribution in [0.15, 0.2) is 30.4 Å². The Morgan fingerprint density at radius 2 is 1.70 bits per heavy atom. The zero-order valence-corrected chi connectivity index (χ0v) is 6.22. The van der Waals surface area contributed by atoms with Gasteiger partial charge in [-0.3, -0.25) is 0 Å². The van der Waals surface area contributed by atoms with E-state index in [4.69, 9.17) is 0 Å². The summed E-state index contributed by atoms with van der Waals surface area (Å²) in [5, 5.41) is 0. The normalized spacial score (nSPS) is 19.2. The summed E-state index contributed by atoms with van der Waals surface area (Å²) in [7, 11) is 0. The van der Waals surface area contributed by atoms with Crippen molar-refractivity contribution in [1.29, 1.82) is 0 Å². The van der Waals surface area contributed by atoms with E-state index in [9.17, 15) is 0 Å². The lowest BCUT2D eigenvalue weighted by atomic mass is 10.2. The van der Waals surface area contributed by atoms with Crippen LogP contribution in [0.4, 0.5) is 0 Å². The zero-order chi connectivity index (χ0) is 7.07. The largest absolute Gasteiger partial charge is 0.0842 e. The molecule has 53 valence electrons. The molecule has 1 radical (unpaired) electrons. The Hall–Kier alpha value is -0.780. The smallest absolute Gasteiger partial charge is 0.0245 e. The molecule has 0 heterocycles. The molecule has 0 amide bonds. The first kappa shape index (κ1) is 7.33. The molecule has 0 aromatic rings. The average Bonchev–Trinajstić information content (AvgIpc) is 2.01. The van der Waals surface area contributed by atoms with Gasteiger partial charge in [0.05, 0.1) is 0 Å². The lowest BCUT2D eigenvalue weighted by molar-refractivity contribution is 0.978. The molecular formula is C10H13. The third kappa shape index (κ3) is 3.29. The highest BCUT2D eigenvalue weighted by molar-refractivity contribution is 5.03. The van der Waals surface area contributed by atoms with Gasteiger partial charge in [0, 0.05) is 0 Å². The maximum absolute atomic E-state index is 3.24. The highest BCUT2D eigenvalue weighted by atomic mass is 13.9. The van der Waals surface area contributed by atoms with Gasteiger partial charge in [0.15, 0.2) is 0 Å². The SMILES string of the molecule is [C]1=CCCC=CC=CCC1. The predicted molar refractivity (Wildman–Crippen MR) is 44.6 cm³/mol. The van der Waals surface area contributed by atoms with Crippen LogP contribution in [0.25, 0.3) is 0 Å². The molecule has 0 saturated heterocycles. The first-order valence-corrected chi connectivity index (χ1v) is 3.87. The molecule has 0 heteroatoms. The molecule has 0 saturated carbocycles. The minimum absolute atomic E-state index is 1.07. The van der Waals surface area contributed by atoms with Crippen molar-refractivity contribution in [2.45, 2.75) is 25.7 Å². The molecule has 0 fully saturated rings. The molecule has 1 aliphatic rings. The number of hydrogen-bond donors (Lipinski definition) is 0. The van der Waals surface area contributed by atoms with Gasteiger partial charge in [0.2, 0.25) is 0 Å². The van der Waals surface area contributed by atoms with Gasteiger partial charge in [-0.2, -0.15) is 0 Å². The maximum atomic E-state index is 3.24. The minimum Gasteiger partial charge on any atom is -0.0842 e. The lowest BCUT2D eigenvalue weighted by Gasteiger charge is -1.89. The molecule has 0 N–H and O–H groups in total. The van der Waals surface area contributed by atoms with E-state index in [2.05, 4.69) is 36.5 Å². The maximum Gasteiger partial charge on any atom is -0.0245 e. The molecule has 10 heavy (non-hydrogen) atoms. The fourth-order valence-corrected chi connectivity index (χ4v) is 0.900. The van der Waals surface area contributed by atoms with Crippen molar-refractivity contribution in [3.63, 3.8) is 0 Å². The van der Waals surface area contributed by atoms with Crippen LogP contribution in [0, 0.1) is 6.08 Å². The molecule has 0 atom stereocenters. The van der Waals surface area contributed by atoms with Gasteiger partial charge in [-0.1, -0.05) is 30.4 Å². The predicted octanol–water partition coefficient (Wildman–Crippen LogP) is 3.03. The van der Waals surface area contributed by atoms with Crippen molar-refractivity contribution in [3.05, 3.63) is 36.5 Å². The van der Waals surface area contributed by atoms with Gasteiger partial charge in [-0.25, -0.2) is 0 Å². The zero-order valence-electron chi connectivity index (χ0n) is 6.22. The average molecular weight is 133 g/mol.